The fourth-order valence-corrected chi connectivity index (χ4v) is 3.19. The van der Waals surface area contributed by atoms with Crippen molar-refractivity contribution in [2.75, 3.05) is 25.1 Å². The molecule has 1 aromatic carbocycles. The number of nitrogens with one attached hydrogen (secondary N) is 1. The van der Waals surface area contributed by atoms with E-state index in [4.69, 9.17) is 4.74 Å². The second-order valence-electron chi connectivity index (χ2n) is 5.86. The topological polar surface area (TPSA) is 41.1 Å². The third kappa shape index (κ3) is 2.62. The van der Waals surface area contributed by atoms with Crippen LogP contribution in [0.15, 0.2) is 48.7 Å². The summed E-state index contributed by atoms with van der Waals surface area (Å²) in [6.45, 7) is 1.54. The Balaban J connectivity index is 1.62. The molecule has 2 aromatic heterocycles. The molecule has 1 aliphatic rings. The molecule has 0 fully saturated rings. The molecule has 0 aliphatic carbocycles. The lowest BCUT2D eigenvalue weighted by Crippen LogP contribution is -2.29. The number of nitrogens with zero attached hydrogens (tertiary/aromatic N) is 2. The summed E-state index contributed by atoms with van der Waals surface area (Å²) in [5, 5.41) is 1.16. The number of ether oxygens (including phenoxy) is 1. The molecular weight excluding hydrogens is 305 g/mol. The summed E-state index contributed by atoms with van der Waals surface area (Å²) < 4.78 is 18.6. The Morgan fingerprint density at radius 2 is 2.17 bits per heavy atom. The summed E-state index contributed by atoms with van der Waals surface area (Å²) in [5.74, 6) is 1.10. The van der Waals surface area contributed by atoms with Crippen molar-refractivity contribution in [3.8, 4) is 5.75 Å². The SMILES string of the molecule is COc1ccc2[nH]cc(C3=CCN(c4cccc(F)n4)CC3)c2c1. The van der Waals surface area contributed by atoms with Crippen LogP contribution >= 0.6 is 0 Å². The maximum Gasteiger partial charge on any atom is 0.214 e. The van der Waals surface area contributed by atoms with Crippen molar-refractivity contribution in [3.63, 3.8) is 0 Å². The fourth-order valence-electron chi connectivity index (χ4n) is 3.19. The Morgan fingerprint density at radius 1 is 1.25 bits per heavy atom. The Kier molecular flexibility index (Phi) is 3.69. The van der Waals surface area contributed by atoms with Gasteiger partial charge in [-0.2, -0.15) is 4.39 Å². The van der Waals surface area contributed by atoms with Gasteiger partial charge in [0, 0.05) is 35.8 Å². The zero-order valence-corrected chi connectivity index (χ0v) is 13.4. The van der Waals surface area contributed by atoms with Crippen LogP contribution in [0, 0.1) is 5.95 Å². The van der Waals surface area contributed by atoms with E-state index >= 15 is 0 Å². The number of anilines is 1. The van der Waals surface area contributed by atoms with Gasteiger partial charge in [-0.15, -0.1) is 0 Å². The molecule has 0 amide bonds. The van der Waals surface area contributed by atoms with E-state index in [1.807, 2.05) is 24.4 Å². The molecule has 1 aliphatic heterocycles. The third-order valence-corrected chi connectivity index (χ3v) is 4.47. The Bertz CT molecular complexity index is 916. The summed E-state index contributed by atoms with van der Waals surface area (Å²) in [6.07, 6.45) is 5.13. The molecule has 0 unspecified atom stereocenters. The number of aromatic amines is 1. The first-order chi connectivity index (χ1) is 11.7. The van der Waals surface area contributed by atoms with Crippen LogP contribution in [-0.2, 0) is 0 Å². The zero-order valence-electron chi connectivity index (χ0n) is 13.4. The van der Waals surface area contributed by atoms with Gasteiger partial charge in [0.1, 0.15) is 11.6 Å². The van der Waals surface area contributed by atoms with Crippen molar-refractivity contribution in [1.82, 2.24) is 9.97 Å². The molecule has 4 nitrogen and oxygen atoms in total. The van der Waals surface area contributed by atoms with Gasteiger partial charge in [0.15, 0.2) is 0 Å². The van der Waals surface area contributed by atoms with E-state index in [0.717, 1.165) is 36.2 Å². The lowest BCUT2D eigenvalue weighted by molar-refractivity contribution is 0.415. The standard InChI is InChI=1S/C19H18FN3O/c1-24-14-5-6-17-15(11-14)16(12-21-17)13-7-9-23(10-8-13)19-4-2-3-18(20)22-19/h2-7,11-12,21H,8-10H2,1H3. The maximum atomic E-state index is 13.3. The number of halogens is 1. The Hall–Kier alpha value is -2.82. The smallest absolute Gasteiger partial charge is 0.214 e. The minimum absolute atomic E-state index is 0.439. The van der Waals surface area contributed by atoms with E-state index in [1.165, 1.54) is 17.2 Å². The van der Waals surface area contributed by atoms with Crippen molar-refractivity contribution < 1.29 is 9.13 Å². The van der Waals surface area contributed by atoms with E-state index in [1.54, 1.807) is 13.2 Å². The fraction of sp³-hybridized carbons (Fsp3) is 0.211. The summed E-state index contributed by atoms with van der Waals surface area (Å²) in [6, 6.07) is 11.0. The molecule has 0 radical (unpaired) electrons. The highest BCUT2D eigenvalue weighted by Crippen LogP contribution is 2.32. The van der Waals surface area contributed by atoms with Crippen LogP contribution in [0.25, 0.3) is 16.5 Å². The van der Waals surface area contributed by atoms with E-state index in [0.29, 0.717) is 5.82 Å². The van der Waals surface area contributed by atoms with E-state index in [2.05, 4.69) is 27.0 Å². The summed E-state index contributed by atoms with van der Waals surface area (Å²) in [4.78, 5) is 9.37. The van der Waals surface area contributed by atoms with Gasteiger partial charge in [-0.1, -0.05) is 12.1 Å². The molecule has 0 saturated heterocycles. The van der Waals surface area contributed by atoms with Crippen LogP contribution < -0.4 is 9.64 Å². The van der Waals surface area contributed by atoms with Gasteiger partial charge in [-0.05, 0) is 42.3 Å². The lowest BCUT2D eigenvalue weighted by Gasteiger charge is -2.27. The number of H-pyrrole nitrogens is 1. The maximum absolute atomic E-state index is 13.3. The average molecular weight is 323 g/mol. The first-order valence-corrected chi connectivity index (χ1v) is 7.96. The number of hydrogen-bond donors (Lipinski definition) is 1. The summed E-state index contributed by atoms with van der Waals surface area (Å²) >= 11 is 0. The first kappa shape index (κ1) is 14.8. The minimum Gasteiger partial charge on any atom is -0.497 e. The predicted molar refractivity (Wildman–Crippen MR) is 93.9 cm³/mol. The normalized spacial score (nSPS) is 14.8. The quantitative estimate of drug-likeness (QED) is 0.741. The van der Waals surface area contributed by atoms with Crippen LogP contribution in [0.4, 0.5) is 10.2 Å². The third-order valence-electron chi connectivity index (χ3n) is 4.47. The van der Waals surface area contributed by atoms with Gasteiger partial charge >= 0.3 is 0 Å². The molecule has 0 atom stereocenters. The van der Waals surface area contributed by atoms with Crippen molar-refractivity contribution in [3.05, 3.63) is 60.2 Å². The molecule has 0 bridgehead atoms. The van der Waals surface area contributed by atoms with E-state index in [-0.39, 0.29) is 0 Å². The molecular formula is C19H18FN3O. The van der Waals surface area contributed by atoms with Gasteiger partial charge in [0.2, 0.25) is 5.95 Å². The van der Waals surface area contributed by atoms with E-state index < -0.39 is 5.95 Å². The summed E-state index contributed by atoms with van der Waals surface area (Å²) in [5.41, 5.74) is 3.60. The van der Waals surface area contributed by atoms with Gasteiger partial charge in [-0.25, -0.2) is 4.98 Å². The predicted octanol–water partition coefficient (Wildman–Crippen LogP) is 4.00. The molecule has 3 aromatic rings. The highest BCUT2D eigenvalue weighted by atomic mass is 19.1. The molecule has 24 heavy (non-hydrogen) atoms. The Labute approximate surface area is 139 Å². The van der Waals surface area contributed by atoms with Gasteiger partial charge in [0.25, 0.3) is 0 Å². The van der Waals surface area contributed by atoms with Gasteiger partial charge in [0.05, 0.1) is 7.11 Å². The second-order valence-corrected chi connectivity index (χ2v) is 5.86. The van der Waals surface area contributed by atoms with Gasteiger partial charge < -0.3 is 14.6 Å². The molecule has 4 rings (SSSR count). The highest BCUT2D eigenvalue weighted by Gasteiger charge is 2.17. The number of rotatable bonds is 3. The molecule has 122 valence electrons. The van der Waals surface area contributed by atoms with E-state index in [9.17, 15) is 4.39 Å². The molecule has 5 heteroatoms. The minimum atomic E-state index is -0.439. The zero-order chi connectivity index (χ0) is 16.5. The number of hydrogen-bond acceptors (Lipinski definition) is 3. The van der Waals surface area contributed by atoms with Crippen LogP contribution in [-0.4, -0.2) is 30.2 Å². The number of benzene rings is 1. The van der Waals surface area contributed by atoms with Crippen LogP contribution in [0.1, 0.15) is 12.0 Å². The molecule has 0 saturated carbocycles. The molecule has 3 heterocycles. The number of fused-ring (bicyclic) bond motifs is 1. The Morgan fingerprint density at radius 3 is 2.92 bits per heavy atom. The van der Waals surface area contributed by atoms with Crippen LogP contribution in [0.3, 0.4) is 0 Å². The highest BCUT2D eigenvalue weighted by molar-refractivity contribution is 5.93. The second kappa shape index (κ2) is 6.00. The van der Waals surface area contributed by atoms with Crippen molar-refractivity contribution in [1.29, 1.82) is 0 Å². The monoisotopic (exact) mass is 323 g/mol. The molecule has 1 N–H and O–H groups in total. The lowest BCUT2D eigenvalue weighted by atomic mass is 9.99. The average Bonchev–Trinajstić information content (AvgIpc) is 3.05. The van der Waals surface area contributed by atoms with Crippen molar-refractivity contribution >= 4 is 22.3 Å². The summed E-state index contributed by atoms with van der Waals surface area (Å²) in [7, 11) is 1.68. The first-order valence-electron chi connectivity index (χ1n) is 7.96. The largest absolute Gasteiger partial charge is 0.497 e. The van der Waals surface area contributed by atoms with Crippen molar-refractivity contribution in [2.45, 2.75) is 6.42 Å². The number of aromatic nitrogens is 2. The van der Waals surface area contributed by atoms with Crippen molar-refractivity contribution in [2.24, 2.45) is 0 Å². The van der Waals surface area contributed by atoms with Gasteiger partial charge in [-0.3, -0.25) is 0 Å². The number of methoxy groups -OCH3 is 1. The molecule has 0 spiro atoms. The van der Waals surface area contributed by atoms with Crippen LogP contribution in [0.5, 0.6) is 5.75 Å². The van der Waals surface area contributed by atoms with Crippen LogP contribution in [0.2, 0.25) is 0 Å². The number of pyridine rings is 1.